The Morgan fingerprint density at radius 1 is 1.07 bits per heavy atom. The SMILES string of the molecule is COC(=O)C(=O)Nc1cc(C(=O)OC)c(O)c2ncc(Cc3ccc(F)cc3)cc12. The predicted octanol–water partition coefficient (Wildman–Crippen LogP) is 2.57. The number of ether oxygens (including phenoxy) is 2. The molecule has 154 valence electrons. The first kappa shape index (κ1) is 20.7. The van der Waals surface area contributed by atoms with Crippen LogP contribution in [0.2, 0.25) is 0 Å². The molecule has 3 rings (SSSR count). The van der Waals surface area contributed by atoms with E-state index in [0.717, 1.165) is 19.8 Å². The van der Waals surface area contributed by atoms with Crippen molar-refractivity contribution in [2.45, 2.75) is 6.42 Å². The van der Waals surface area contributed by atoms with Crippen molar-refractivity contribution in [3.63, 3.8) is 0 Å². The van der Waals surface area contributed by atoms with Crippen LogP contribution in [0.1, 0.15) is 21.5 Å². The van der Waals surface area contributed by atoms with Gasteiger partial charge < -0.3 is 19.9 Å². The molecule has 0 unspecified atom stereocenters. The number of halogens is 1. The summed E-state index contributed by atoms with van der Waals surface area (Å²) in [4.78, 5) is 39.7. The van der Waals surface area contributed by atoms with Crippen LogP contribution in [0.15, 0.2) is 42.6 Å². The monoisotopic (exact) mass is 412 g/mol. The first-order valence-electron chi connectivity index (χ1n) is 8.70. The Balaban J connectivity index is 2.11. The fourth-order valence-corrected chi connectivity index (χ4v) is 2.89. The van der Waals surface area contributed by atoms with Gasteiger partial charge in [0.15, 0.2) is 5.75 Å². The molecule has 9 heteroatoms. The lowest BCUT2D eigenvalue weighted by Crippen LogP contribution is -2.24. The number of phenols is 1. The number of amides is 1. The Labute approximate surface area is 170 Å². The molecule has 8 nitrogen and oxygen atoms in total. The van der Waals surface area contributed by atoms with Gasteiger partial charge in [0.25, 0.3) is 0 Å². The quantitative estimate of drug-likeness (QED) is 0.384. The molecule has 0 radical (unpaired) electrons. The normalized spacial score (nSPS) is 10.5. The Hall–Kier alpha value is -4.01. The van der Waals surface area contributed by atoms with Gasteiger partial charge in [0.05, 0.1) is 19.9 Å². The number of pyridine rings is 1. The van der Waals surface area contributed by atoms with E-state index in [4.69, 9.17) is 0 Å². The van der Waals surface area contributed by atoms with Gasteiger partial charge in [-0.2, -0.15) is 0 Å². The number of fused-ring (bicyclic) bond motifs is 1. The number of methoxy groups -OCH3 is 2. The lowest BCUT2D eigenvalue weighted by atomic mass is 10.0. The minimum atomic E-state index is -1.13. The van der Waals surface area contributed by atoms with E-state index < -0.39 is 23.6 Å². The second kappa shape index (κ2) is 8.56. The summed E-state index contributed by atoms with van der Waals surface area (Å²) in [5.41, 5.74) is 1.36. The maximum Gasteiger partial charge on any atom is 0.396 e. The van der Waals surface area contributed by atoms with Crippen molar-refractivity contribution in [1.29, 1.82) is 0 Å². The largest absolute Gasteiger partial charge is 0.505 e. The number of aromatic hydroxyl groups is 1. The van der Waals surface area contributed by atoms with E-state index in [9.17, 15) is 23.9 Å². The molecule has 0 aliphatic rings. The van der Waals surface area contributed by atoms with Crippen LogP contribution in [0.5, 0.6) is 5.75 Å². The fourth-order valence-electron chi connectivity index (χ4n) is 2.89. The van der Waals surface area contributed by atoms with Crippen LogP contribution in [-0.4, -0.2) is 42.2 Å². The van der Waals surface area contributed by atoms with Crippen molar-refractivity contribution < 1.29 is 33.4 Å². The van der Waals surface area contributed by atoms with E-state index in [-0.39, 0.29) is 28.0 Å². The molecule has 0 atom stereocenters. The molecule has 1 aromatic heterocycles. The molecule has 0 aliphatic heterocycles. The number of nitrogens with zero attached hydrogens (tertiary/aromatic N) is 1. The number of benzene rings is 2. The number of carbonyl (C=O) groups is 3. The molecule has 1 heterocycles. The molecule has 0 spiro atoms. The molecule has 0 saturated carbocycles. The maximum absolute atomic E-state index is 13.1. The van der Waals surface area contributed by atoms with E-state index >= 15 is 0 Å². The van der Waals surface area contributed by atoms with Crippen LogP contribution in [0.25, 0.3) is 10.9 Å². The molecule has 0 fully saturated rings. The van der Waals surface area contributed by atoms with Crippen molar-refractivity contribution in [3.05, 3.63) is 65.1 Å². The summed E-state index contributed by atoms with van der Waals surface area (Å²) in [6.45, 7) is 0. The number of carbonyl (C=O) groups excluding carboxylic acids is 3. The predicted molar refractivity (Wildman–Crippen MR) is 105 cm³/mol. The number of hydrogen-bond acceptors (Lipinski definition) is 7. The minimum absolute atomic E-state index is 0.0286. The van der Waals surface area contributed by atoms with Crippen LogP contribution in [0.3, 0.4) is 0 Å². The second-order valence-electron chi connectivity index (χ2n) is 6.30. The lowest BCUT2D eigenvalue weighted by molar-refractivity contribution is -0.150. The molecule has 0 aliphatic carbocycles. The van der Waals surface area contributed by atoms with Gasteiger partial charge in [0, 0.05) is 11.6 Å². The zero-order chi connectivity index (χ0) is 21.8. The van der Waals surface area contributed by atoms with Crippen molar-refractivity contribution in [2.75, 3.05) is 19.5 Å². The van der Waals surface area contributed by atoms with Gasteiger partial charge in [-0.15, -0.1) is 0 Å². The molecule has 0 bridgehead atoms. The number of hydrogen-bond donors (Lipinski definition) is 2. The zero-order valence-electron chi connectivity index (χ0n) is 16.1. The number of rotatable bonds is 4. The number of aromatic nitrogens is 1. The highest BCUT2D eigenvalue weighted by molar-refractivity contribution is 6.38. The van der Waals surface area contributed by atoms with Crippen LogP contribution >= 0.6 is 0 Å². The average molecular weight is 412 g/mol. The third-order valence-electron chi connectivity index (χ3n) is 4.35. The van der Waals surface area contributed by atoms with Crippen molar-refractivity contribution in [3.8, 4) is 5.75 Å². The molecular weight excluding hydrogens is 395 g/mol. The van der Waals surface area contributed by atoms with Crippen LogP contribution in [0.4, 0.5) is 10.1 Å². The van der Waals surface area contributed by atoms with Crippen LogP contribution in [0, 0.1) is 5.82 Å². The van der Waals surface area contributed by atoms with Crippen LogP contribution < -0.4 is 5.32 Å². The summed E-state index contributed by atoms with van der Waals surface area (Å²) in [6.07, 6.45) is 1.88. The van der Waals surface area contributed by atoms with E-state index in [1.165, 1.54) is 24.4 Å². The summed E-state index contributed by atoms with van der Waals surface area (Å²) in [7, 11) is 2.19. The van der Waals surface area contributed by atoms with Gasteiger partial charge in [0.1, 0.15) is 16.9 Å². The number of nitrogens with one attached hydrogen (secondary N) is 1. The van der Waals surface area contributed by atoms with Gasteiger partial charge >= 0.3 is 17.8 Å². The van der Waals surface area contributed by atoms with E-state index in [2.05, 4.69) is 19.8 Å². The molecule has 2 aromatic carbocycles. The minimum Gasteiger partial charge on any atom is -0.505 e. The van der Waals surface area contributed by atoms with Crippen molar-refractivity contribution >= 4 is 34.4 Å². The molecular formula is C21H17FN2O6. The molecule has 2 N–H and O–H groups in total. The molecule has 0 saturated heterocycles. The van der Waals surface area contributed by atoms with Gasteiger partial charge in [-0.1, -0.05) is 12.1 Å². The highest BCUT2D eigenvalue weighted by Gasteiger charge is 2.22. The lowest BCUT2D eigenvalue weighted by Gasteiger charge is -2.13. The Morgan fingerprint density at radius 3 is 2.40 bits per heavy atom. The summed E-state index contributed by atoms with van der Waals surface area (Å²) < 4.78 is 22.2. The topological polar surface area (TPSA) is 115 Å². The average Bonchev–Trinajstić information content (AvgIpc) is 2.76. The summed E-state index contributed by atoms with van der Waals surface area (Å²) in [5.74, 6) is -3.83. The number of esters is 2. The first-order valence-corrected chi connectivity index (χ1v) is 8.70. The number of phenolic OH excluding ortho intramolecular Hbond substituents is 1. The van der Waals surface area contributed by atoms with E-state index in [0.29, 0.717) is 12.0 Å². The molecule has 3 aromatic rings. The highest BCUT2D eigenvalue weighted by atomic mass is 19.1. The third-order valence-corrected chi connectivity index (χ3v) is 4.35. The summed E-state index contributed by atoms with van der Waals surface area (Å²) >= 11 is 0. The maximum atomic E-state index is 13.1. The Morgan fingerprint density at radius 2 is 1.77 bits per heavy atom. The standard InChI is InChI=1S/C21H17FN2O6/c1-29-20(27)15-9-16(24-19(26)21(28)30-2)14-8-12(10-23-17(14)18(15)25)7-11-3-5-13(22)6-4-11/h3-6,8-10,25H,7H2,1-2H3,(H,24,26). The van der Waals surface area contributed by atoms with Crippen LogP contribution in [-0.2, 0) is 25.5 Å². The summed E-state index contributed by atoms with van der Waals surface area (Å²) in [5, 5.41) is 13.1. The van der Waals surface area contributed by atoms with E-state index in [1.807, 2.05) is 0 Å². The summed E-state index contributed by atoms with van der Waals surface area (Å²) in [6, 6.07) is 8.74. The number of anilines is 1. The van der Waals surface area contributed by atoms with Gasteiger partial charge in [-0.25, -0.2) is 14.0 Å². The fraction of sp³-hybridized carbons (Fsp3) is 0.143. The van der Waals surface area contributed by atoms with Crippen molar-refractivity contribution in [1.82, 2.24) is 4.98 Å². The van der Waals surface area contributed by atoms with Gasteiger partial charge in [-0.3, -0.25) is 9.78 Å². The molecule has 30 heavy (non-hydrogen) atoms. The third kappa shape index (κ3) is 4.19. The smallest absolute Gasteiger partial charge is 0.396 e. The van der Waals surface area contributed by atoms with Gasteiger partial charge in [0.2, 0.25) is 0 Å². The van der Waals surface area contributed by atoms with Crippen molar-refractivity contribution in [2.24, 2.45) is 0 Å². The van der Waals surface area contributed by atoms with E-state index in [1.54, 1.807) is 18.2 Å². The first-order chi connectivity index (χ1) is 14.3. The Kier molecular flexibility index (Phi) is 5.91. The second-order valence-corrected chi connectivity index (χ2v) is 6.30. The highest BCUT2D eigenvalue weighted by Crippen LogP contribution is 2.34. The molecule has 1 amide bonds. The van der Waals surface area contributed by atoms with Gasteiger partial charge in [-0.05, 0) is 41.8 Å². The zero-order valence-corrected chi connectivity index (χ0v) is 16.1. The Bertz CT molecular complexity index is 1140.